The van der Waals surface area contributed by atoms with Gasteiger partial charge in [0.25, 0.3) is 5.56 Å². The van der Waals surface area contributed by atoms with Gasteiger partial charge in [-0.05, 0) is 12.5 Å². The van der Waals surface area contributed by atoms with Gasteiger partial charge in [-0.15, -0.1) is 23.2 Å². The Morgan fingerprint density at radius 1 is 1.50 bits per heavy atom. The van der Waals surface area contributed by atoms with Crippen LogP contribution in [0.25, 0.3) is 0 Å². The normalized spacial score (nSPS) is 36.9. The summed E-state index contributed by atoms with van der Waals surface area (Å²) < 4.78 is 1.76. The summed E-state index contributed by atoms with van der Waals surface area (Å²) in [6, 6.07) is 5.38. The minimum atomic E-state index is -0.539. The number of hydrogen-bond donors (Lipinski definition) is 1. The third kappa shape index (κ3) is 1.42. The van der Waals surface area contributed by atoms with Gasteiger partial charge in [-0.2, -0.15) is 0 Å². The first-order valence-electron chi connectivity index (χ1n) is 5.36. The average Bonchev–Trinajstić information content (AvgIpc) is 2.26. The molecule has 1 fully saturated rings. The first-order valence-corrected chi connectivity index (χ1v) is 6.18. The lowest BCUT2D eigenvalue weighted by Crippen LogP contribution is -2.57. The van der Waals surface area contributed by atoms with Crippen molar-refractivity contribution in [1.29, 1.82) is 0 Å². The molecule has 3 nitrogen and oxygen atoms in total. The molecule has 3 rings (SSSR count). The van der Waals surface area contributed by atoms with Crippen LogP contribution in [0.15, 0.2) is 23.0 Å². The van der Waals surface area contributed by atoms with Crippen LogP contribution in [-0.4, -0.2) is 21.5 Å². The highest BCUT2D eigenvalue weighted by Crippen LogP contribution is 2.42. The molecule has 5 heteroatoms. The van der Waals surface area contributed by atoms with E-state index in [-0.39, 0.29) is 17.0 Å². The van der Waals surface area contributed by atoms with Crippen molar-refractivity contribution in [3.63, 3.8) is 0 Å². The monoisotopic (exact) mass is 258 g/mol. The van der Waals surface area contributed by atoms with E-state index in [2.05, 4.69) is 5.32 Å². The smallest absolute Gasteiger partial charge is 0.250 e. The fraction of sp³-hybridized carbons (Fsp3) is 0.545. The molecule has 3 heterocycles. The van der Waals surface area contributed by atoms with Crippen molar-refractivity contribution in [2.75, 3.05) is 6.54 Å². The number of piperidine rings is 1. The van der Waals surface area contributed by atoms with Crippen LogP contribution in [-0.2, 0) is 6.54 Å². The molecule has 2 aliphatic heterocycles. The van der Waals surface area contributed by atoms with Crippen LogP contribution in [0, 0.1) is 0 Å². The van der Waals surface area contributed by atoms with Crippen LogP contribution in [0.4, 0.5) is 0 Å². The van der Waals surface area contributed by atoms with Gasteiger partial charge in [0.15, 0.2) is 0 Å². The Morgan fingerprint density at radius 3 is 3.12 bits per heavy atom. The molecule has 0 amide bonds. The quantitative estimate of drug-likeness (QED) is 0.565. The summed E-state index contributed by atoms with van der Waals surface area (Å²) in [4.78, 5) is 11.2. The molecule has 2 bridgehead atoms. The second-order valence-corrected chi connectivity index (χ2v) is 5.77. The third-order valence-corrected chi connectivity index (χ3v) is 4.68. The van der Waals surface area contributed by atoms with Crippen LogP contribution in [0.3, 0.4) is 0 Å². The molecule has 86 valence electrons. The SMILES string of the molecule is O=c1cccc2n1C[C@@]1(Cl)C[C@@H]2CNC1Cl. The Labute approximate surface area is 103 Å². The first-order chi connectivity index (χ1) is 7.60. The molecule has 1 unspecified atom stereocenters. The van der Waals surface area contributed by atoms with E-state index in [1.165, 1.54) is 0 Å². The van der Waals surface area contributed by atoms with E-state index in [9.17, 15) is 4.79 Å². The lowest BCUT2D eigenvalue weighted by molar-refractivity contribution is 0.262. The number of alkyl halides is 2. The lowest BCUT2D eigenvalue weighted by Gasteiger charge is -2.45. The minimum Gasteiger partial charge on any atom is -0.310 e. The number of halogens is 2. The van der Waals surface area contributed by atoms with E-state index in [4.69, 9.17) is 23.2 Å². The number of nitrogens with one attached hydrogen (secondary N) is 1. The van der Waals surface area contributed by atoms with Crippen LogP contribution < -0.4 is 10.9 Å². The predicted octanol–water partition coefficient (Wildman–Crippen LogP) is 1.48. The maximum atomic E-state index is 11.8. The molecular weight excluding hydrogens is 247 g/mol. The molecule has 2 aliphatic rings. The van der Waals surface area contributed by atoms with Gasteiger partial charge in [0, 0.05) is 30.8 Å². The highest BCUT2D eigenvalue weighted by atomic mass is 35.5. The second kappa shape index (κ2) is 3.49. The summed E-state index contributed by atoms with van der Waals surface area (Å²) in [5.74, 6) is 0.287. The zero-order valence-corrected chi connectivity index (χ0v) is 10.1. The molecule has 1 aromatic heterocycles. The summed E-state index contributed by atoms with van der Waals surface area (Å²) >= 11 is 12.7. The molecule has 0 aliphatic carbocycles. The number of aromatic nitrogens is 1. The lowest BCUT2D eigenvalue weighted by atomic mass is 9.83. The van der Waals surface area contributed by atoms with E-state index in [1.54, 1.807) is 10.6 Å². The van der Waals surface area contributed by atoms with Crippen LogP contribution >= 0.6 is 23.2 Å². The highest BCUT2D eigenvalue weighted by molar-refractivity contribution is 6.32. The van der Waals surface area contributed by atoms with E-state index in [0.717, 1.165) is 18.7 Å². The fourth-order valence-electron chi connectivity index (χ4n) is 2.69. The van der Waals surface area contributed by atoms with Gasteiger partial charge >= 0.3 is 0 Å². The molecule has 0 spiro atoms. The Kier molecular flexibility index (Phi) is 2.32. The Morgan fingerprint density at radius 2 is 2.31 bits per heavy atom. The summed E-state index contributed by atoms with van der Waals surface area (Å²) in [6.07, 6.45) is 0.833. The van der Waals surface area contributed by atoms with Gasteiger partial charge in [0.05, 0.1) is 4.87 Å². The largest absolute Gasteiger partial charge is 0.310 e. The van der Waals surface area contributed by atoms with Crippen LogP contribution in [0.5, 0.6) is 0 Å². The maximum Gasteiger partial charge on any atom is 0.250 e. The predicted molar refractivity (Wildman–Crippen MR) is 64.3 cm³/mol. The van der Waals surface area contributed by atoms with Crippen molar-refractivity contribution in [2.45, 2.75) is 29.3 Å². The van der Waals surface area contributed by atoms with E-state index in [0.29, 0.717) is 6.54 Å². The summed E-state index contributed by atoms with van der Waals surface area (Å²) in [5, 5.41) is 3.20. The zero-order chi connectivity index (χ0) is 11.3. The van der Waals surface area contributed by atoms with Crippen molar-refractivity contribution < 1.29 is 0 Å². The van der Waals surface area contributed by atoms with Crippen molar-refractivity contribution in [3.8, 4) is 0 Å². The molecular formula is C11H12Cl2N2O. The van der Waals surface area contributed by atoms with E-state index >= 15 is 0 Å². The number of nitrogens with zero attached hydrogens (tertiary/aromatic N) is 1. The second-order valence-electron chi connectivity index (χ2n) is 4.58. The zero-order valence-electron chi connectivity index (χ0n) is 8.62. The third-order valence-electron chi connectivity index (χ3n) is 3.51. The Hall–Kier alpha value is -0.510. The molecule has 3 atom stereocenters. The first kappa shape index (κ1) is 10.6. The molecule has 1 aromatic rings. The van der Waals surface area contributed by atoms with Crippen LogP contribution in [0.2, 0.25) is 0 Å². The van der Waals surface area contributed by atoms with E-state index in [1.807, 2.05) is 12.1 Å². The highest BCUT2D eigenvalue weighted by Gasteiger charge is 2.46. The maximum absolute atomic E-state index is 11.8. The summed E-state index contributed by atoms with van der Waals surface area (Å²) in [5.41, 5.74) is 0.809. The Bertz CT molecular complexity index is 487. The molecule has 1 saturated heterocycles. The number of hydrogen-bond acceptors (Lipinski definition) is 2. The number of rotatable bonds is 0. The van der Waals surface area contributed by atoms with Gasteiger partial charge in [-0.3, -0.25) is 10.1 Å². The van der Waals surface area contributed by atoms with Gasteiger partial charge in [0.2, 0.25) is 0 Å². The minimum absolute atomic E-state index is 0.0120. The molecule has 16 heavy (non-hydrogen) atoms. The van der Waals surface area contributed by atoms with Gasteiger partial charge in [0.1, 0.15) is 5.50 Å². The summed E-state index contributed by atoms with van der Waals surface area (Å²) in [7, 11) is 0. The van der Waals surface area contributed by atoms with Gasteiger partial charge in [-0.25, -0.2) is 0 Å². The average molecular weight is 259 g/mol. The number of pyridine rings is 1. The molecule has 0 saturated carbocycles. The van der Waals surface area contributed by atoms with Crippen molar-refractivity contribution in [2.24, 2.45) is 0 Å². The standard InChI is InChI=1S/C11H12Cl2N2O/c12-10-11(13)4-7(5-14-10)8-2-1-3-9(16)15(8)6-11/h1-3,7,10,14H,4-6H2/t7-,10?,11+/m1/s1. The topological polar surface area (TPSA) is 34.0 Å². The van der Waals surface area contributed by atoms with E-state index < -0.39 is 4.87 Å². The van der Waals surface area contributed by atoms with Crippen molar-refractivity contribution in [3.05, 3.63) is 34.2 Å². The van der Waals surface area contributed by atoms with Gasteiger partial charge in [-0.1, -0.05) is 6.07 Å². The van der Waals surface area contributed by atoms with Crippen molar-refractivity contribution >= 4 is 23.2 Å². The molecule has 0 radical (unpaired) electrons. The molecule has 1 N–H and O–H groups in total. The summed E-state index contributed by atoms with van der Waals surface area (Å²) in [6.45, 7) is 1.27. The Balaban J connectivity index is 2.16. The fourth-order valence-corrected chi connectivity index (χ4v) is 3.32. The van der Waals surface area contributed by atoms with Crippen LogP contribution in [0.1, 0.15) is 18.0 Å². The van der Waals surface area contributed by atoms with Crippen molar-refractivity contribution in [1.82, 2.24) is 9.88 Å². The molecule has 0 aromatic carbocycles. The van der Waals surface area contributed by atoms with Gasteiger partial charge < -0.3 is 4.57 Å². The number of fused-ring (bicyclic) bond motifs is 4.